The molecule has 9 nitrogen and oxygen atoms in total. The number of phenols is 1. The second kappa shape index (κ2) is 9.61. The number of benzene rings is 2. The Balaban J connectivity index is 1.67. The fourth-order valence-corrected chi connectivity index (χ4v) is 4.37. The van der Waals surface area contributed by atoms with Crippen LogP contribution in [0.4, 0.5) is 5.82 Å². The summed E-state index contributed by atoms with van der Waals surface area (Å²) in [7, 11) is 2.91. The van der Waals surface area contributed by atoms with Crippen LogP contribution in [0.5, 0.6) is 28.7 Å². The second-order valence-electron chi connectivity index (χ2n) is 6.75. The van der Waals surface area contributed by atoms with Crippen LogP contribution in [0.15, 0.2) is 47.8 Å². The number of fused-ring (bicyclic) bond motifs is 1. The van der Waals surface area contributed by atoms with Gasteiger partial charge < -0.3 is 24.4 Å². The van der Waals surface area contributed by atoms with Crippen LogP contribution in [0.2, 0.25) is 0 Å². The van der Waals surface area contributed by atoms with E-state index in [1.807, 2.05) is 31.2 Å². The Morgan fingerprint density at radius 1 is 1.03 bits per heavy atom. The number of aromatic nitrogens is 2. The van der Waals surface area contributed by atoms with Crippen molar-refractivity contribution in [2.45, 2.75) is 6.92 Å². The van der Waals surface area contributed by atoms with Crippen molar-refractivity contribution in [3.05, 3.63) is 48.3 Å². The number of hydrogen-bond donors (Lipinski definition) is 3. The van der Waals surface area contributed by atoms with E-state index < -0.39 is 0 Å². The summed E-state index contributed by atoms with van der Waals surface area (Å²) in [5, 5.41) is 25.1. The van der Waals surface area contributed by atoms with Crippen LogP contribution in [0, 0.1) is 0 Å². The Morgan fingerprint density at radius 3 is 2.45 bits per heavy atom. The highest BCUT2D eigenvalue weighted by molar-refractivity contribution is 7.23. The zero-order chi connectivity index (χ0) is 23.4. The average molecular weight is 467 g/mol. The number of nitrogens with one attached hydrogen (secondary N) is 1. The van der Waals surface area contributed by atoms with Crippen LogP contribution < -0.4 is 19.6 Å². The number of methoxy groups -OCH3 is 2. The number of anilines is 1. The van der Waals surface area contributed by atoms with E-state index in [1.165, 1.54) is 38.1 Å². The lowest BCUT2D eigenvalue weighted by Gasteiger charge is -2.09. The number of rotatable bonds is 8. The molecule has 0 amide bonds. The van der Waals surface area contributed by atoms with Gasteiger partial charge in [-0.2, -0.15) is 5.10 Å². The number of thiophene rings is 1. The molecule has 0 fully saturated rings. The fourth-order valence-electron chi connectivity index (χ4n) is 3.25. The molecule has 0 aliphatic carbocycles. The van der Waals surface area contributed by atoms with Crippen molar-refractivity contribution in [3.8, 4) is 39.2 Å². The van der Waals surface area contributed by atoms with Gasteiger partial charge in [-0.1, -0.05) is 12.1 Å². The maximum atomic E-state index is 10.9. The molecule has 0 saturated carbocycles. The van der Waals surface area contributed by atoms with Gasteiger partial charge in [0.1, 0.15) is 22.3 Å². The highest BCUT2D eigenvalue weighted by atomic mass is 32.1. The molecule has 2 aromatic heterocycles. The first-order valence-electron chi connectivity index (χ1n) is 10.00. The van der Waals surface area contributed by atoms with Crippen LogP contribution in [0.3, 0.4) is 0 Å². The van der Waals surface area contributed by atoms with Gasteiger partial charge in [0.15, 0.2) is 23.1 Å². The molecule has 170 valence electrons. The van der Waals surface area contributed by atoms with Gasteiger partial charge in [0.25, 0.3) is 0 Å². The Kier molecular flexibility index (Phi) is 6.45. The second-order valence-corrected chi connectivity index (χ2v) is 7.77. The predicted molar refractivity (Wildman–Crippen MR) is 128 cm³/mol. The number of phenolic OH excluding ortho intramolecular Hbond substituents is 1. The maximum Gasteiger partial charge on any atom is 0.200 e. The summed E-state index contributed by atoms with van der Waals surface area (Å²) in [6.45, 7) is 2.42. The largest absolute Gasteiger partial charge is 0.504 e. The molecule has 0 aliphatic rings. The molecule has 0 radical (unpaired) electrons. The maximum absolute atomic E-state index is 10.9. The van der Waals surface area contributed by atoms with E-state index in [4.69, 9.17) is 14.2 Å². The van der Waals surface area contributed by atoms with Gasteiger partial charge in [-0.25, -0.2) is 9.97 Å². The van der Waals surface area contributed by atoms with Crippen molar-refractivity contribution in [1.82, 2.24) is 9.97 Å². The summed E-state index contributed by atoms with van der Waals surface area (Å²) in [5.41, 5.74) is 4.73. The summed E-state index contributed by atoms with van der Waals surface area (Å²) in [5.74, 6) is 1.62. The van der Waals surface area contributed by atoms with Crippen molar-refractivity contribution in [2.24, 2.45) is 5.10 Å². The summed E-state index contributed by atoms with van der Waals surface area (Å²) in [6.07, 6.45) is 2.90. The van der Waals surface area contributed by atoms with E-state index in [0.29, 0.717) is 38.8 Å². The molecule has 0 saturated heterocycles. The highest BCUT2D eigenvalue weighted by Crippen LogP contribution is 2.47. The van der Waals surface area contributed by atoms with Gasteiger partial charge in [-0.3, -0.25) is 5.43 Å². The van der Waals surface area contributed by atoms with Gasteiger partial charge in [-0.05, 0) is 31.2 Å². The molecule has 0 aliphatic heterocycles. The lowest BCUT2D eigenvalue weighted by atomic mass is 10.1. The quantitative estimate of drug-likeness (QED) is 0.254. The molecule has 10 heteroatoms. The summed E-state index contributed by atoms with van der Waals surface area (Å²) in [6, 6.07) is 10.8. The first-order valence-corrected chi connectivity index (χ1v) is 10.8. The van der Waals surface area contributed by atoms with Crippen molar-refractivity contribution in [2.75, 3.05) is 26.3 Å². The van der Waals surface area contributed by atoms with Crippen molar-refractivity contribution in [1.29, 1.82) is 0 Å². The lowest BCUT2D eigenvalue weighted by molar-refractivity contribution is 0.340. The third kappa shape index (κ3) is 4.33. The van der Waals surface area contributed by atoms with Gasteiger partial charge in [0, 0.05) is 11.1 Å². The van der Waals surface area contributed by atoms with Gasteiger partial charge in [-0.15, -0.1) is 11.3 Å². The minimum Gasteiger partial charge on any atom is -0.504 e. The van der Waals surface area contributed by atoms with Crippen LogP contribution >= 0.6 is 11.3 Å². The third-order valence-electron chi connectivity index (χ3n) is 4.77. The highest BCUT2D eigenvalue weighted by Gasteiger charge is 2.20. The third-order valence-corrected chi connectivity index (χ3v) is 5.97. The van der Waals surface area contributed by atoms with Crippen molar-refractivity contribution >= 4 is 33.6 Å². The topological polar surface area (TPSA) is 118 Å². The lowest BCUT2D eigenvalue weighted by Crippen LogP contribution is -1.96. The molecule has 3 N–H and O–H groups in total. The molecule has 0 atom stereocenters. The van der Waals surface area contributed by atoms with Crippen LogP contribution in [0.1, 0.15) is 12.5 Å². The van der Waals surface area contributed by atoms with Gasteiger partial charge in [0.2, 0.25) is 5.75 Å². The molecule has 2 heterocycles. The monoisotopic (exact) mass is 466 g/mol. The van der Waals surface area contributed by atoms with E-state index in [1.54, 1.807) is 12.1 Å². The molecule has 33 heavy (non-hydrogen) atoms. The van der Waals surface area contributed by atoms with E-state index >= 15 is 0 Å². The Morgan fingerprint density at radius 2 is 1.76 bits per heavy atom. The van der Waals surface area contributed by atoms with E-state index in [9.17, 15) is 10.2 Å². The fraction of sp³-hybridized carbons (Fsp3) is 0.174. The first kappa shape index (κ1) is 22.2. The summed E-state index contributed by atoms with van der Waals surface area (Å²) >= 11 is 1.34. The normalized spacial score (nSPS) is 11.1. The molecule has 0 unspecified atom stereocenters. The summed E-state index contributed by atoms with van der Waals surface area (Å²) < 4.78 is 16.7. The first-order chi connectivity index (χ1) is 16.1. The zero-order valence-electron chi connectivity index (χ0n) is 18.2. The van der Waals surface area contributed by atoms with E-state index in [2.05, 4.69) is 20.5 Å². The summed E-state index contributed by atoms with van der Waals surface area (Å²) in [4.78, 5) is 9.14. The zero-order valence-corrected chi connectivity index (χ0v) is 19.0. The standard InChI is InChI=1S/C23H22N4O5S/c1-4-32-15-8-6-5-7-14(15)21-20(29)18-22(33-21)23(25-12-24-18)27-26-11-13-9-16(30-2)19(28)17(10-13)31-3/h5-12,28-29H,4H2,1-3H3,(H,24,25,27). The molecule has 4 rings (SSSR count). The number of hydrazone groups is 1. The smallest absolute Gasteiger partial charge is 0.200 e. The Labute approximate surface area is 193 Å². The number of nitrogens with zero attached hydrogens (tertiary/aromatic N) is 3. The van der Waals surface area contributed by atoms with Crippen LogP contribution in [0.25, 0.3) is 20.7 Å². The number of para-hydroxylation sites is 1. The molecule has 0 bridgehead atoms. The Hall–Kier alpha value is -4.05. The molecule has 4 aromatic rings. The van der Waals surface area contributed by atoms with Crippen molar-refractivity contribution in [3.63, 3.8) is 0 Å². The number of aromatic hydroxyl groups is 2. The number of ether oxygens (including phenoxy) is 3. The predicted octanol–water partition coefficient (Wildman–Crippen LogP) is 4.63. The Bertz CT molecular complexity index is 1300. The minimum atomic E-state index is -0.0865. The minimum absolute atomic E-state index is 0.0598. The average Bonchev–Trinajstić information content (AvgIpc) is 3.17. The molecular weight excluding hydrogens is 444 g/mol. The molecule has 2 aromatic carbocycles. The van der Waals surface area contributed by atoms with Gasteiger partial charge in [0.05, 0.1) is 31.9 Å². The molecule has 0 spiro atoms. The van der Waals surface area contributed by atoms with Gasteiger partial charge >= 0.3 is 0 Å². The van der Waals surface area contributed by atoms with Crippen molar-refractivity contribution < 1.29 is 24.4 Å². The van der Waals surface area contributed by atoms with E-state index in [0.717, 1.165) is 5.56 Å². The van der Waals surface area contributed by atoms with Crippen LogP contribution in [-0.4, -0.2) is 47.2 Å². The SMILES string of the molecule is CCOc1ccccc1-c1sc2c(NN=Cc3cc(OC)c(O)c(OC)c3)ncnc2c1O. The van der Waals surface area contributed by atoms with Crippen LogP contribution in [-0.2, 0) is 0 Å². The molecular formula is C23H22N4O5S. The van der Waals surface area contributed by atoms with E-state index in [-0.39, 0.29) is 23.0 Å². The number of hydrogen-bond acceptors (Lipinski definition) is 10.